The molecule has 1 heterocycles. The van der Waals surface area contributed by atoms with E-state index in [1.807, 2.05) is 29.8 Å². The summed E-state index contributed by atoms with van der Waals surface area (Å²) in [5.74, 6) is 7.29. The van der Waals surface area contributed by atoms with E-state index in [0.717, 1.165) is 23.7 Å². The van der Waals surface area contributed by atoms with E-state index in [4.69, 9.17) is 10.6 Å². The number of hydrogen-bond donors (Lipinski definition) is 2. The van der Waals surface area contributed by atoms with Gasteiger partial charge in [-0.1, -0.05) is 18.2 Å². The highest BCUT2D eigenvalue weighted by atomic mass is 32.2. The topological polar surface area (TPSA) is 65.1 Å². The van der Waals surface area contributed by atoms with Gasteiger partial charge in [-0.15, -0.1) is 11.8 Å². The smallest absolute Gasteiger partial charge is 0.161 e. The minimum absolute atomic E-state index is 0.0161. The molecule has 1 aromatic heterocycles. The summed E-state index contributed by atoms with van der Waals surface area (Å²) in [6.07, 6.45) is 1.73. The molecular weight excluding hydrogens is 272 g/mol. The average Bonchev–Trinajstić information content (AvgIpc) is 2.92. The molecule has 0 aliphatic rings. The molecule has 0 spiro atoms. The molecule has 1 atom stereocenters. The summed E-state index contributed by atoms with van der Waals surface area (Å²) in [5.41, 5.74) is 3.85. The Bertz CT molecular complexity index is 508. The van der Waals surface area contributed by atoms with Crippen molar-refractivity contribution >= 4 is 11.8 Å². The minimum atomic E-state index is -0.0161. The van der Waals surface area contributed by atoms with Crippen LogP contribution < -0.4 is 16.0 Å². The van der Waals surface area contributed by atoms with Gasteiger partial charge in [0.25, 0.3) is 0 Å². The summed E-state index contributed by atoms with van der Waals surface area (Å²) in [6.45, 7) is 2.83. The van der Waals surface area contributed by atoms with Crippen LogP contribution in [0.1, 0.15) is 18.7 Å². The first-order valence-corrected chi connectivity index (χ1v) is 7.52. The fourth-order valence-electron chi connectivity index (χ4n) is 2.04. The Kier molecular flexibility index (Phi) is 5.46. The SMILES string of the molecule is CCn1ncc(OC)c1C(CSc1ccccc1)NN. The fraction of sp³-hybridized carbons (Fsp3) is 0.357. The summed E-state index contributed by atoms with van der Waals surface area (Å²) in [5, 5.41) is 4.32. The Morgan fingerprint density at radius 1 is 1.40 bits per heavy atom. The number of aromatic nitrogens is 2. The first-order chi connectivity index (χ1) is 9.80. The number of nitrogens with one attached hydrogen (secondary N) is 1. The van der Waals surface area contributed by atoms with Gasteiger partial charge in [-0.25, -0.2) is 0 Å². The van der Waals surface area contributed by atoms with E-state index in [0.29, 0.717) is 0 Å². The normalized spacial score (nSPS) is 12.3. The van der Waals surface area contributed by atoms with Crippen molar-refractivity contribution in [2.45, 2.75) is 24.4 Å². The van der Waals surface area contributed by atoms with Gasteiger partial charge >= 0.3 is 0 Å². The molecule has 0 fully saturated rings. The number of thioether (sulfide) groups is 1. The molecule has 0 bridgehead atoms. The van der Waals surface area contributed by atoms with Crippen molar-refractivity contribution in [2.75, 3.05) is 12.9 Å². The maximum Gasteiger partial charge on any atom is 0.161 e. The van der Waals surface area contributed by atoms with Crippen LogP contribution in [0.25, 0.3) is 0 Å². The Hall–Kier alpha value is -1.50. The van der Waals surface area contributed by atoms with Gasteiger partial charge in [-0.3, -0.25) is 16.0 Å². The summed E-state index contributed by atoms with van der Waals surface area (Å²) < 4.78 is 7.29. The molecule has 1 aromatic carbocycles. The lowest BCUT2D eigenvalue weighted by molar-refractivity contribution is 0.397. The van der Waals surface area contributed by atoms with Gasteiger partial charge in [-0.2, -0.15) is 5.10 Å². The second-order valence-corrected chi connectivity index (χ2v) is 5.35. The van der Waals surface area contributed by atoms with Gasteiger partial charge < -0.3 is 4.74 Å². The fourth-order valence-corrected chi connectivity index (χ4v) is 3.00. The molecule has 0 saturated heterocycles. The predicted octanol–water partition coefficient (Wildman–Crippen LogP) is 2.21. The van der Waals surface area contributed by atoms with Crippen LogP contribution in [-0.4, -0.2) is 22.6 Å². The Balaban J connectivity index is 2.13. The van der Waals surface area contributed by atoms with Crippen LogP contribution in [-0.2, 0) is 6.54 Å². The quantitative estimate of drug-likeness (QED) is 0.465. The second kappa shape index (κ2) is 7.33. The predicted molar refractivity (Wildman–Crippen MR) is 81.7 cm³/mol. The van der Waals surface area contributed by atoms with Crippen molar-refractivity contribution in [1.82, 2.24) is 15.2 Å². The summed E-state index contributed by atoms with van der Waals surface area (Å²) in [6, 6.07) is 10.2. The zero-order chi connectivity index (χ0) is 14.4. The van der Waals surface area contributed by atoms with Crippen LogP contribution in [0.4, 0.5) is 0 Å². The van der Waals surface area contributed by atoms with Crippen molar-refractivity contribution < 1.29 is 4.74 Å². The molecule has 0 aliphatic heterocycles. The van der Waals surface area contributed by atoms with Crippen LogP contribution in [0.2, 0.25) is 0 Å². The number of nitrogens with two attached hydrogens (primary N) is 1. The third-order valence-corrected chi connectivity index (χ3v) is 4.16. The van der Waals surface area contributed by atoms with Crippen LogP contribution in [0.3, 0.4) is 0 Å². The lowest BCUT2D eigenvalue weighted by Crippen LogP contribution is -2.31. The third kappa shape index (κ3) is 3.33. The number of hydrogen-bond acceptors (Lipinski definition) is 5. The first-order valence-electron chi connectivity index (χ1n) is 6.53. The van der Waals surface area contributed by atoms with Gasteiger partial charge in [0.1, 0.15) is 0 Å². The molecule has 2 aromatic rings. The van der Waals surface area contributed by atoms with Crippen molar-refractivity contribution in [1.29, 1.82) is 0 Å². The molecule has 20 heavy (non-hydrogen) atoms. The van der Waals surface area contributed by atoms with Crippen molar-refractivity contribution in [3.63, 3.8) is 0 Å². The maximum absolute atomic E-state index is 5.72. The maximum atomic E-state index is 5.72. The molecule has 3 N–H and O–H groups in total. The summed E-state index contributed by atoms with van der Waals surface area (Å²) >= 11 is 1.75. The minimum Gasteiger partial charge on any atom is -0.493 e. The summed E-state index contributed by atoms with van der Waals surface area (Å²) in [7, 11) is 1.65. The van der Waals surface area contributed by atoms with E-state index in [9.17, 15) is 0 Å². The highest BCUT2D eigenvalue weighted by Gasteiger charge is 2.20. The number of hydrazine groups is 1. The molecule has 6 heteroatoms. The van der Waals surface area contributed by atoms with E-state index in [-0.39, 0.29) is 6.04 Å². The highest BCUT2D eigenvalue weighted by Crippen LogP contribution is 2.29. The van der Waals surface area contributed by atoms with Crippen LogP contribution in [0.5, 0.6) is 5.75 Å². The molecule has 0 radical (unpaired) electrons. The van der Waals surface area contributed by atoms with E-state index < -0.39 is 0 Å². The van der Waals surface area contributed by atoms with Gasteiger partial charge in [0.2, 0.25) is 0 Å². The average molecular weight is 292 g/mol. The molecule has 2 rings (SSSR count). The van der Waals surface area contributed by atoms with Crippen LogP contribution >= 0.6 is 11.8 Å². The van der Waals surface area contributed by atoms with Gasteiger partial charge in [-0.05, 0) is 19.1 Å². The number of ether oxygens (including phenoxy) is 1. The number of nitrogens with zero attached hydrogens (tertiary/aromatic N) is 2. The van der Waals surface area contributed by atoms with E-state index in [2.05, 4.69) is 22.7 Å². The molecule has 1 unspecified atom stereocenters. The van der Waals surface area contributed by atoms with E-state index in [1.165, 1.54) is 4.90 Å². The Morgan fingerprint density at radius 3 is 2.75 bits per heavy atom. The van der Waals surface area contributed by atoms with E-state index >= 15 is 0 Å². The Morgan fingerprint density at radius 2 is 2.15 bits per heavy atom. The highest BCUT2D eigenvalue weighted by molar-refractivity contribution is 7.99. The standard InChI is InChI=1S/C14H20N4OS/c1-3-18-14(13(19-2)9-16-18)12(17-15)10-20-11-7-5-4-6-8-11/h4-9,12,17H,3,10,15H2,1-2H3. The summed E-state index contributed by atoms with van der Waals surface area (Å²) in [4.78, 5) is 1.22. The number of aryl methyl sites for hydroxylation is 1. The van der Waals surface area contributed by atoms with Gasteiger partial charge in [0.15, 0.2) is 5.75 Å². The number of methoxy groups -OCH3 is 1. The monoisotopic (exact) mass is 292 g/mol. The van der Waals surface area contributed by atoms with Crippen molar-refractivity contribution in [3.8, 4) is 5.75 Å². The van der Waals surface area contributed by atoms with Crippen molar-refractivity contribution in [2.24, 2.45) is 5.84 Å². The molecular formula is C14H20N4OS. The molecule has 0 saturated carbocycles. The van der Waals surface area contributed by atoms with Crippen LogP contribution in [0, 0.1) is 0 Å². The lowest BCUT2D eigenvalue weighted by atomic mass is 10.2. The van der Waals surface area contributed by atoms with Gasteiger partial charge in [0, 0.05) is 17.2 Å². The lowest BCUT2D eigenvalue weighted by Gasteiger charge is -2.18. The molecule has 0 amide bonds. The zero-order valence-corrected chi connectivity index (χ0v) is 12.6. The second-order valence-electron chi connectivity index (χ2n) is 4.26. The zero-order valence-electron chi connectivity index (χ0n) is 11.7. The Labute approximate surface area is 123 Å². The van der Waals surface area contributed by atoms with Gasteiger partial charge in [0.05, 0.1) is 25.0 Å². The molecule has 5 nitrogen and oxygen atoms in total. The number of rotatable bonds is 7. The number of benzene rings is 1. The third-order valence-electron chi connectivity index (χ3n) is 3.06. The molecule has 0 aliphatic carbocycles. The van der Waals surface area contributed by atoms with Crippen LogP contribution in [0.15, 0.2) is 41.4 Å². The first kappa shape index (κ1) is 14.9. The molecule has 108 valence electrons. The van der Waals surface area contributed by atoms with Crippen molar-refractivity contribution in [3.05, 3.63) is 42.2 Å². The largest absolute Gasteiger partial charge is 0.493 e. The van der Waals surface area contributed by atoms with E-state index in [1.54, 1.807) is 25.1 Å².